The molecule has 0 fully saturated rings. The standard InChI is InChI=1S/C16H16N2O/c1-3-19-12(2)13-6-8-14(9-7-13)16-15(11-17)5-4-10-18-16/h4-10,12H,3H2,1-2H3. The van der Waals surface area contributed by atoms with Crippen molar-refractivity contribution in [2.45, 2.75) is 20.0 Å². The molecular weight excluding hydrogens is 236 g/mol. The van der Waals surface area contributed by atoms with Crippen LogP contribution in [0.3, 0.4) is 0 Å². The van der Waals surface area contributed by atoms with Gasteiger partial charge in [-0.2, -0.15) is 5.26 Å². The van der Waals surface area contributed by atoms with Crippen molar-refractivity contribution in [2.75, 3.05) is 6.61 Å². The molecule has 2 aromatic rings. The number of ether oxygens (including phenoxy) is 1. The van der Waals surface area contributed by atoms with Gasteiger partial charge in [-0.3, -0.25) is 4.98 Å². The van der Waals surface area contributed by atoms with E-state index in [4.69, 9.17) is 10.00 Å². The van der Waals surface area contributed by atoms with Crippen molar-refractivity contribution < 1.29 is 4.74 Å². The van der Waals surface area contributed by atoms with Crippen molar-refractivity contribution in [1.82, 2.24) is 4.98 Å². The Morgan fingerprint density at radius 1 is 1.26 bits per heavy atom. The minimum absolute atomic E-state index is 0.0817. The Labute approximate surface area is 113 Å². The van der Waals surface area contributed by atoms with Gasteiger partial charge in [0.2, 0.25) is 0 Å². The van der Waals surface area contributed by atoms with E-state index in [0.717, 1.165) is 16.8 Å². The molecule has 0 radical (unpaired) electrons. The summed E-state index contributed by atoms with van der Waals surface area (Å²) in [6, 6.07) is 13.7. The zero-order valence-corrected chi connectivity index (χ0v) is 11.1. The molecule has 0 aliphatic rings. The second kappa shape index (κ2) is 6.12. The van der Waals surface area contributed by atoms with E-state index in [9.17, 15) is 0 Å². The summed E-state index contributed by atoms with van der Waals surface area (Å²) >= 11 is 0. The van der Waals surface area contributed by atoms with Gasteiger partial charge in [-0.05, 0) is 31.5 Å². The molecule has 1 atom stereocenters. The summed E-state index contributed by atoms with van der Waals surface area (Å²) in [6.07, 6.45) is 1.78. The molecule has 1 unspecified atom stereocenters. The lowest BCUT2D eigenvalue weighted by Gasteiger charge is -2.12. The highest BCUT2D eigenvalue weighted by Crippen LogP contribution is 2.24. The molecule has 0 spiro atoms. The fourth-order valence-electron chi connectivity index (χ4n) is 1.98. The van der Waals surface area contributed by atoms with Crippen LogP contribution in [-0.4, -0.2) is 11.6 Å². The highest BCUT2D eigenvalue weighted by molar-refractivity contribution is 5.66. The van der Waals surface area contributed by atoms with Crippen LogP contribution in [0.1, 0.15) is 31.1 Å². The van der Waals surface area contributed by atoms with E-state index >= 15 is 0 Å². The number of hydrogen-bond acceptors (Lipinski definition) is 3. The van der Waals surface area contributed by atoms with Crippen LogP contribution in [0.15, 0.2) is 42.6 Å². The Balaban J connectivity index is 2.30. The van der Waals surface area contributed by atoms with Crippen LogP contribution in [0.2, 0.25) is 0 Å². The van der Waals surface area contributed by atoms with Gasteiger partial charge in [0.15, 0.2) is 0 Å². The molecule has 3 nitrogen and oxygen atoms in total. The highest BCUT2D eigenvalue weighted by atomic mass is 16.5. The predicted molar refractivity (Wildman–Crippen MR) is 74.4 cm³/mol. The number of hydrogen-bond donors (Lipinski definition) is 0. The molecule has 0 saturated carbocycles. The number of aromatic nitrogens is 1. The molecule has 1 heterocycles. The summed E-state index contributed by atoms with van der Waals surface area (Å²) in [5, 5.41) is 9.08. The van der Waals surface area contributed by atoms with Gasteiger partial charge in [-0.15, -0.1) is 0 Å². The first-order valence-electron chi connectivity index (χ1n) is 6.33. The number of benzene rings is 1. The molecule has 96 valence electrons. The van der Waals surface area contributed by atoms with Crippen molar-refractivity contribution in [1.29, 1.82) is 5.26 Å². The molecule has 1 aromatic carbocycles. The van der Waals surface area contributed by atoms with E-state index < -0.39 is 0 Å². The lowest BCUT2D eigenvalue weighted by molar-refractivity contribution is 0.0764. The van der Waals surface area contributed by atoms with Gasteiger partial charge >= 0.3 is 0 Å². The van der Waals surface area contributed by atoms with Crippen LogP contribution in [0.5, 0.6) is 0 Å². The normalized spacial score (nSPS) is 11.8. The zero-order chi connectivity index (χ0) is 13.7. The maximum atomic E-state index is 9.08. The van der Waals surface area contributed by atoms with Gasteiger partial charge in [-0.25, -0.2) is 0 Å². The SMILES string of the molecule is CCOC(C)c1ccc(-c2ncccc2C#N)cc1. The second-order valence-corrected chi connectivity index (χ2v) is 4.23. The quantitative estimate of drug-likeness (QED) is 0.833. The van der Waals surface area contributed by atoms with Crippen LogP contribution in [0, 0.1) is 11.3 Å². The number of rotatable bonds is 4. The maximum absolute atomic E-state index is 9.08. The van der Waals surface area contributed by atoms with E-state index in [2.05, 4.69) is 11.1 Å². The summed E-state index contributed by atoms with van der Waals surface area (Å²) < 4.78 is 5.55. The van der Waals surface area contributed by atoms with Gasteiger partial charge in [0.05, 0.1) is 17.4 Å². The predicted octanol–water partition coefficient (Wildman–Crippen LogP) is 3.72. The first kappa shape index (κ1) is 13.3. The van der Waals surface area contributed by atoms with Gasteiger partial charge in [0, 0.05) is 18.4 Å². The first-order chi connectivity index (χ1) is 9.26. The molecule has 0 bridgehead atoms. The molecule has 3 heteroatoms. The van der Waals surface area contributed by atoms with Crippen molar-refractivity contribution in [3.8, 4) is 17.3 Å². The topological polar surface area (TPSA) is 45.9 Å². The van der Waals surface area contributed by atoms with E-state index in [0.29, 0.717) is 12.2 Å². The summed E-state index contributed by atoms with van der Waals surface area (Å²) in [5.41, 5.74) is 3.39. The lowest BCUT2D eigenvalue weighted by Crippen LogP contribution is -1.99. The number of nitriles is 1. The summed E-state index contributed by atoms with van der Waals surface area (Å²) in [6.45, 7) is 4.71. The summed E-state index contributed by atoms with van der Waals surface area (Å²) in [5.74, 6) is 0. The van der Waals surface area contributed by atoms with Crippen molar-refractivity contribution in [2.24, 2.45) is 0 Å². The van der Waals surface area contributed by atoms with Crippen LogP contribution in [0.4, 0.5) is 0 Å². The van der Waals surface area contributed by atoms with Gasteiger partial charge < -0.3 is 4.74 Å². The van der Waals surface area contributed by atoms with E-state index in [1.807, 2.05) is 38.1 Å². The Hall–Kier alpha value is -2.18. The Bertz CT molecular complexity index is 584. The third-order valence-corrected chi connectivity index (χ3v) is 3.00. The van der Waals surface area contributed by atoms with E-state index in [1.54, 1.807) is 18.3 Å². The van der Waals surface area contributed by atoms with Crippen LogP contribution < -0.4 is 0 Å². The Morgan fingerprint density at radius 3 is 2.63 bits per heavy atom. The molecule has 0 amide bonds. The fraction of sp³-hybridized carbons (Fsp3) is 0.250. The molecular formula is C16H16N2O. The molecule has 1 aromatic heterocycles. The molecule has 0 saturated heterocycles. The van der Waals surface area contributed by atoms with Gasteiger partial charge in [0.1, 0.15) is 6.07 Å². The average molecular weight is 252 g/mol. The van der Waals surface area contributed by atoms with Crippen LogP contribution in [-0.2, 0) is 4.74 Å². The maximum Gasteiger partial charge on any atom is 0.101 e. The van der Waals surface area contributed by atoms with Crippen molar-refractivity contribution >= 4 is 0 Å². The number of nitrogens with zero attached hydrogens (tertiary/aromatic N) is 2. The highest BCUT2D eigenvalue weighted by Gasteiger charge is 2.08. The van der Waals surface area contributed by atoms with Gasteiger partial charge in [-0.1, -0.05) is 24.3 Å². The van der Waals surface area contributed by atoms with Crippen LogP contribution >= 0.6 is 0 Å². The zero-order valence-electron chi connectivity index (χ0n) is 11.1. The van der Waals surface area contributed by atoms with Gasteiger partial charge in [0.25, 0.3) is 0 Å². The fourth-order valence-corrected chi connectivity index (χ4v) is 1.98. The minimum atomic E-state index is 0.0817. The van der Waals surface area contributed by atoms with Crippen molar-refractivity contribution in [3.63, 3.8) is 0 Å². The Kier molecular flexibility index (Phi) is 4.27. The van der Waals surface area contributed by atoms with Crippen LogP contribution in [0.25, 0.3) is 11.3 Å². The largest absolute Gasteiger partial charge is 0.374 e. The summed E-state index contributed by atoms with van der Waals surface area (Å²) in [7, 11) is 0. The molecule has 19 heavy (non-hydrogen) atoms. The third kappa shape index (κ3) is 2.98. The average Bonchev–Trinajstić information content (AvgIpc) is 2.47. The van der Waals surface area contributed by atoms with E-state index in [1.165, 1.54) is 0 Å². The smallest absolute Gasteiger partial charge is 0.101 e. The Morgan fingerprint density at radius 2 is 2.00 bits per heavy atom. The summed E-state index contributed by atoms with van der Waals surface area (Å²) in [4.78, 5) is 4.28. The lowest BCUT2D eigenvalue weighted by atomic mass is 10.0. The molecule has 0 aliphatic carbocycles. The van der Waals surface area contributed by atoms with E-state index in [-0.39, 0.29) is 6.10 Å². The molecule has 2 rings (SSSR count). The minimum Gasteiger partial charge on any atom is -0.374 e. The molecule has 0 aliphatic heterocycles. The number of pyridine rings is 1. The molecule has 0 N–H and O–H groups in total. The third-order valence-electron chi connectivity index (χ3n) is 3.00. The van der Waals surface area contributed by atoms with Crippen molar-refractivity contribution in [3.05, 3.63) is 53.7 Å². The monoisotopic (exact) mass is 252 g/mol. The first-order valence-corrected chi connectivity index (χ1v) is 6.33. The second-order valence-electron chi connectivity index (χ2n) is 4.23.